The number of hydrogen-bond donors (Lipinski definition) is 1. The molecule has 3 saturated carbocycles. The fourth-order valence-corrected chi connectivity index (χ4v) is 5.49. The summed E-state index contributed by atoms with van der Waals surface area (Å²) in [6, 6.07) is 3.67. The molecule has 3 aliphatic rings. The first kappa shape index (κ1) is 22.6. The van der Waals surface area contributed by atoms with Crippen LogP contribution in [0.1, 0.15) is 44.2 Å². The Labute approximate surface area is 198 Å². The molecule has 2 aromatic heterocycles. The van der Waals surface area contributed by atoms with E-state index in [4.69, 9.17) is 14.6 Å². The van der Waals surface area contributed by atoms with E-state index in [1.807, 2.05) is 12.1 Å². The van der Waals surface area contributed by atoms with Gasteiger partial charge in [0.15, 0.2) is 0 Å². The molecule has 5 rings (SSSR count). The van der Waals surface area contributed by atoms with E-state index in [0.717, 1.165) is 19.4 Å². The predicted octanol–water partition coefficient (Wildman–Crippen LogP) is 3.12. The molecule has 0 aromatic carbocycles. The molecular weight excluding hydrogens is 438 g/mol. The van der Waals surface area contributed by atoms with Gasteiger partial charge in [0.25, 0.3) is 0 Å². The Bertz CT molecular complexity index is 1050. The Hall–Kier alpha value is -3.17. The van der Waals surface area contributed by atoms with Crippen LogP contribution in [0.25, 0.3) is 11.4 Å². The van der Waals surface area contributed by atoms with Crippen molar-refractivity contribution < 1.29 is 24.2 Å². The fraction of sp³-hybridized carbons (Fsp3) is 0.625. The second-order valence-corrected chi connectivity index (χ2v) is 9.86. The Morgan fingerprint density at radius 1 is 1.24 bits per heavy atom. The molecule has 34 heavy (non-hydrogen) atoms. The first-order chi connectivity index (χ1) is 16.4. The van der Waals surface area contributed by atoms with Gasteiger partial charge in [-0.25, -0.2) is 9.48 Å². The molecule has 0 radical (unpaired) electrons. The Morgan fingerprint density at radius 2 is 2.06 bits per heavy atom. The number of amides is 1. The van der Waals surface area contributed by atoms with Crippen LogP contribution in [0.2, 0.25) is 0 Å². The number of fused-ring (bicyclic) bond motifs is 1. The van der Waals surface area contributed by atoms with Gasteiger partial charge in [0.1, 0.15) is 29.8 Å². The van der Waals surface area contributed by atoms with Gasteiger partial charge in [-0.2, -0.15) is 0 Å². The van der Waals surface area contributed by atoms with E-state index in [2.05, 4.69) is 15.3 Å². The number of ether oxygens (including phenoxy) is 2. The summed E-state index contributed by atoms with van der Waals surface area (Å²) in [5, 5.41) is 17.4. The lowest BCUT2D eigenvalue weighted by atomic mass is 9.85. The highest BCUT2D eigenvalue weighted by molar-refractivity contribution is 5.68. The quantitative estimate of drug-likeness (QED) is 0.595. The van der Waals surface area contributed by atoms with Gasteiger partial charge in [0.2, 0.25) is 0 Å². The number of nitrogens with zero attached hydrogens (tertiary/aromatic N) is 5. The Balaban J connectivity index is 1.19. The van der Waals surface area contributed by atoms with Crippen molar-refractivity contribution in [2.24, 2.45) is 30.7 Å². The number of carbonyl (C=O) groups is 2. The normalized spacial score (nSPS) is 25.4. The summed E-state index contributed by atoms with van der Waals surface area (Å²) in [5.41, 5.74) is 1.85. The molecule has 2 aromatic rings. The second-order valence-electron chi connectivity index (χ2n) is 9.86. The number of aliphatic carboxylic acids is 1. The van der Waals surface area contributed by atoms with Crippen molar-refractivity contribution in [3.8, 4) is 17.1 Å². The van der Waals surface area contributed by atoms with Gasteiger partial charge in [-0.1, -0.05) is 11.6 Å². The van der Waals surface area contributed by atoms with Crippen LogP contribution >= 0.6 is 0 Å². The van der Waals surface area contributed by atoms with Crippen LogP contribution in [0.4, 0.5) is 4.79 Å². The van der Waals surface area contributed by atoms with Gasteiger partial charge >= 0.3 is 12.1 Å². The largest absolute Gasteiger partial charge is 0.489 e. The molecule has 3 aliphatic carbocycles. The number of aromatic nitrogens is 4. The fourth-order valence-electron chi connectivity index (χ4n) is 5.49. The molecule has 2 unspecified atom stereocenters. The summed E-state index contributed by atoms with van der Waals surface area (Å²) in [4.78, 5) is 29.5. The van der Waals surface area contributed by atoms with Crippen LogP contribution < -0.4 is 4.74 Å². The third-order valence-corrected chi connectivity index (χ3v) is 7.63. The monoisotopic (exact) mass is 469 g/mol. The minimum Gasteiger partial charge on any atom is -0.489 e. The summed E-state index contributed by atoms with van der Waals surface area (Å²) in [6.45, 7) is 0.778. The molecule has 0 aliphatic heterocycles. The molecule has 182 valence electrons. The molecule has 10 nitrogen and oxygen atoms in total. The Kier molecular flexibility index (Phi) is 6.14. The molecule has 0 saturated heterocycles. The van der Waals surface area contributed by atoms with Crippen LogP contribution in [0, 0.1) is 23.7 Å². The topological polar surface area (TPSA) is 120 Å². The van der Waals surface area contributed by atoms with Crippen molar-refractivity contribution in [1.82, 2.24) is 24.9 Å². The number of pyridine rings is 1. The molecule has 2 heterocycles. The maximum Gasteiger partial charge on any atom is 0.409 e. The summed E-state index contributed by atoms with van der Waals surface area (Å²) in [6.07, 6.45) is 7.13. The van der Waals surface area contributed by atoms with Crippen LogP contribution in [0.15, 0.2) is 18.3 Å². The molecule has 10 heteroatoms. The average molecular weight is 470 g/mol. The molecule has 3 fully saturated rings. The summed E-state index contributed by atoms with van der Waals surface area (Å²) >= 11 is 0. The van der Waals surface area contributed by atoms with Gasteiger partial charge in [0.05, 0.1) is 11.9 Å². The van der Waals surface area contributed by atoms with E-state index in [9.17, 15) is 9.59 Å². The minimum atomic E-state index is -0.736. The van der Waals surface area contributed by atoms with Crippen molar-refractivity contribution in [2.75, 3.05) is 13.6 Å². The average Bonchev–Trinajstić information content (AvgIpc) is 3.09. The standard InChI is InChI=1S/C24H31N5O5/c1-28(12-14-4-3-5-14)24(32)33-13-19-23(26-27-29(19)2)18-8-6-15(11-25-18)34-20-9-7-16-17(22(16)20)10-21(30)31/h6,8,11,14,16-17,20,22H,3-5,7,9-10,12-13H2,1-2H3,(H,30,31)/t16-,17?,20?,22-/m0/s1. The van der Waals surface area contributed by atoms with Crippen molar-refractivity contribution in [3.05, 3.63) is 24.0 Å². The number of carboxylic acids is 1. The summed E-state index contributed by atoms with van der Waals surface area (Å²) in [5.74, 6) is 1.55. The lowest BCUT2D eigenvalue weighted by Gasteiger charge is -2.29. The van der Waals surface area contributed by atoms with E-state index in [1.54, 1.807) is 29.9 Å². The van der Waals surface area contributed by atoms with E-state index < -0.39 is 5.97 Å². The summed E-state index contributed by atoms with van der Waals surface area (Å²) in [7, 11) is 3.52. The first-order valence-corrected chi connectivity index (χ1v) is 12.0. The van der Waals surface area contributed by atoms with Crippen LogP contribution in [0.3, 0.4) is 0 Å². The zero-order chi connectivity index (χ0) is 23.8. The third kappa shape index (κ3) is 4.58. The Morgan fingerprint density at radius 3 is 2.74 bits per heavy atom. The van der Waals surface area contributed by atoms with Crippen LogP contribution in [-0.2, 0) is 23.2 Å². The van der Waals surface area contributed by atoms with Crippen molar-refractivity contribution in [1.29, 1.82) is 0 Å². The van der Waals surface area contributed by atoms with Gasteiger partial charge < -0.3 is 19.5 Å². The molecule has 0 spiro atoms. The maximum absolute atomic E-state index is 12.4. The van der Waals surface area contributed by atoms with Crippen molar-refractivity contribution in [3.63, 3.8) is 0 Å². The van der Waals surface area contributed by atoms with Gasteiger partial charge in [0, 0.05) is 33.0 Å². The number of carbonyl (C=O) groups excluding carboxylic acids is 1. The predicted molar refractivity (Wildman–Crippen MR) is 121 cm³/mol. The lowest BCUT2D eigenvalue weighted by Crippen LogP contribution is -2.34. The zero-order valence-electron chi connectivity index (χ0n) is 19.6. The van der Waals surface area contributed by atoms with Crippen LogP contribution in [-0.4, -0.2) is 61.7 Å². The highest BCUT2D eigenvalue weighted by Crippen LogP contribution is 2.59. The van der Waals surface area contributed by atoms with E-state index >= 15 is 0 Å². The van der Waals surface area contributed by atoms with Gasteiger partial charge in [-0.15, -0.1) is 5.10 Å². The van der Waals surface area contributed by atoms with Crippen molar-refractivity contribution in [2.45, 2.75) is 51.2 Å². The number of rotatable bonds is 9. The van der Waals surface area contributed by atoms with E-state index in [0.29, 0.717) is 40.6 Å². The molecule has 0 bridgehead atoms. The highest BCUT2D eigenvalue weighted by Gasteiger charge is 2.59. The number of hydrogen-bond acceptors (Lipinski definition) is 7. The third-order valence-electron chi connectivity index (χ3n) is 7.63. The molecule has 1 amide bonds. The second kappa shape index (κ2) is 9.23. The van der Waals surface area contributed by atoms with E-state index in [1.165, 1.54) is 19.3 Å². The van der Waals surface area contributed by atoms with Gasteiger partial charge in [-0.3, -0.25) is 9.78 Å². The number of aryl methyl sites for hydroxylation is 1. The molecule has 4 atom stereocenters. The van der Waals surface area contributed by atoms with Gasteiger partial charge in [-0.05, 0) is 55.6 Å². The SMILES string of the molecule is CN(CC1CCC1)C(=O)OCc1c(-c2ccc(OC3CC[C@H]4C(CC(=O)O)[C@@H]34)cn2)nnn1C. The van der Waals surface area contributed by atoms with Crippen LogP contribution in [0.5, 0.6) is 5.75 Å². The molecular formula is C24H31N5O5. The van der Waals surface area contributed by atoms with Crippen molar-refractivity contribution >= 4 is 12.1 Å². The first-order valence-electron chi connectivity index (χ1n) is 12.0. The zero-order valence-corrected chi connectivity index (χ0v) is 19.6. The maximum atomic E-state index is 12.4. The highest BCUT2D eigenvalue weighted by atomic mass is 16.6. The number of carboxylic acid groups (broad SMARTS) is 1. The molecule has 1 N–H and O–H groups in total. The minimum absolute atomic E-state index is 0.0467. The summed E-state index contributed by atoms with van der Waals surface area (Å²) < 4.78 is 13.3. The lowest BCUT2D eigenvalue weighted by molar-refractivity contribution is -0.137. The van der Waals surface area contributed by atoms with E-state index in [-0.39, 0.29) is 31.1 Å². The smallest absolute Gasteiger partial charge is 0.409 e.